The SMILES string of the molecule is CCCCCOc1ccc([C@@H]2/C(=C(\O)c3ccc4c(c3)C[C@@H](C)O4)C(=O)C(=O)N2c2nnc(SCc3ccc(F)cc3)s2)cc1OCC. The molecule has 48 heavy (non-hydrogen) atoms. The molecule has 4 aromatic rings. The lowest BCUT2D eigenvalue weighted by Gasteiger charge is -2.23. The number of hydrogen-bond donors (Lipinski definition) is 1. The standard InChI is InChI=1S/C36H36FN3O6S2/c1-4-6-7-16-45-28-15-10-23(19-29(28)44-5-2)31-30(32(41)24-11-14-27-25(18-24)17-21(3)46-27)33(42)34(43)40(31)35-38-39-36(48-35)47-20-22-8-12-26(37)13-9-22/h8-15,18-19,21,31,41H,4-7,16-17,20H2,1-3H3/b32-30+/t21-,31-/m1/s1. The van der Waals surface area contributed by atoms with E-state index in [0.717, 1.165) is 47.5 Å². The number of unbranched alkanes of at least 4 members (excludes halogenated alkanes) is 2. The van der Waals surface area contributed by atoms with Crippen molar-refractivity contribution in [2.24, 2.45) is 0 Å². The molecule has 2 aliphatic heterocycles. The maximum absolute atomic E-state index is 13.8. The van der Waals surface area contributed by atoms with E-state index in [2.05, 4.69) is 17.1 Å². The van der Waals surface area contributed by atoms with Gasteiger partial charge in [0, 0.05) is 17.7 Å². The van der Waals surface area contributed by atoms with Crippen molar-refractivity contribution in [3.05, 3.63) is 94.3 Å². The van der Waals surface area contributed by atoms with Gasteiger partial charge in [0.05, 0.1) is 24.8 Å². The number of Topliss-reactive ketones (excluding diaryl/α,β-unsaturated/α-hetero) is 1. The average Bonchev–Trinajstić information content (AvgIpc) is 3.77. The van der Waals surface area contributed by atoms with Crippen LogP contribution in [0.3, 0.4) is 0 Å². The zero-order valence-electron chi connectivity index (χ0n) is 26.9. The molecule has 0 radical (unpaired) electrons. The van der Waals surface area contributed by atoms with E-state index in [-0.39, 0.29) is 28.4 Å². The number of ether oxygens (including phenoxy) is 3. The first-order valence-electron chi connectivity index (χ1n) is 16.0. The number of halogens is 1. The van der Waals surface area contributed by atoms with Crippen LogP contribution in [-0.4, -0.2) is 46.3 Å². The Kier molecular flexibility index (Phi) is 10.3. The van der Waals surface area contributed by atoms with Gasteiger partial charge in [-0.05, 0) is 79.4 Å². The van der Waals surface area contributed by atoms with Crippen molar-refractivity contribution in [3.63, 3.8) is 0 Å². The zero-order chi connectivity index (χ0) is 33.8. The third kappa shape index (κ3) is 7.05. The number of aromatic nitrogens is 2. The van der Waals surface area contributed by atoms with Gasteiger partial charge in [0.25, 0.3) is 5.78 Å². The number of nitrogens with zero attached hydrogens (tertiary/aromatic N) is 3. The minimum atomic E-state index is -1.02. The molecule has 12 heteroatoms. The number of aliphatic hydroxyl groups is 1. The predicted molar refractivity (Wildman–Crippen MR) is 184 cm³/mol. The number of thioether (sulfide) groups is 1. The molecule has 1 amide bonds. The maximum Gasteiger partial charge on any atom is 0.301 e. The highest BCUT2D eigenvalue weighted by molar-refractivity contribution is 8.00. The second-order valence-electron chi connectivity index (χ2n) is 11.6. The van der Waals surface area contributed by atoms with Crippen LogP contribution in [0.4, 0.5) is 9.52 Å². The summed E-state index contributed by atoms with van der Waals surface area (Å²) >= 11 is 2.54. The van der Waals surface area contributed by atoms with Crippen LogP contribution in [0.5, 0.6) is 17.2 Å². The molecule has 0 saturated carbocycles. The number of carbonyl (C=O) groups excluding carboxylic acids is 2. The van der Waals surface area contributed by atoms with E-state index < -0.39 is 17.7 Å². The van der Waals surface area contributed by atoms with Gasteiger partial charge in [0.1, 0.15) is 23.4 Å². The van der Waals surface area contributed by atoms with Crippen LogP contribution in [0, 0.1) is 5.82 Å². The van der Waals surface area contributed by atoms with Gasteiger partial charge in [-0.2, -0.15) is 0 Å². The van der Waals surface area contributed by atoms with Crippen LogP contribution in [0.15, 0.2) is 70.6 Å². The van der Waals surface area contributed by atoms with E-state index >= 15 is 0 Å². The van der Waals surface area contributed by atoms with Crippen molar-refractivity contribution < 1.29 is 33.3 Å². The summed E-state index contributed by atoms with van der Waals surface area (Å²) in [6.07, 6.45) is 3.65. The second kappa shape index (κ2) is 14.8. The first kappa shape index (κ1) is 33.5. The van der Waals surface area contributed by atoms with Crippen molar-refractivity contribution in [1.82, 2.24) is 10.2 Å². The van der Waals surface area contributed by atoms with Crippen LogP contribution in [0.25, 0.3) is 5.76 Å². The number of hydrogen-bond acceptors (Lipinski definition) is 10. The summed E-state index contributed by atoms with van der Waals surface area (Å²) in [7, 11) is 0. The fraction of sp³-hybridized carbons (Fsp3) is 0.333. The van der Waals surface area contributed by atoms with Gasteiger partial charge in [0.2, 0.25) is 5.13 Å². The molecular formula is C36H36FN3O6S2. The number of benzene rings is 3. The van der Waals surface area contributed by atoms with E-state index in [1.807, 2.05) is 13.8 Å². The second-order valence-corrected chi connectivity index (χ2v) is 13.8. The van der Waals surface area contributed by atoms with Crippen molar-refractivity contribution in [2.45, 2.75) is 68.7 Å². The van der Waals surface area contributed by atoms with Crippen molar-refractivity contribution in [3.8, 4) is 17.2 Å². The average molecular weight is 690 g/mol. The quantitative estimate of drug-likeness (QED) is 0.0374. The highest BCUT2D eigenvalue weighted by atomic mass is 32.2. The van der Waals surface area contributed by atoms with Crippen molar-refractivity contribution in [2.75, 3.05) is 18.1 Å². The Morgan fingerprint density at radius 1 is 1.04 bits per heavy atom. The minimum absolute atomic E-state index is 0.00445. The van der Waals surface area contributed by atoms with E-state index in [1.165, 1.54) is 28.8 Å². The number of fused-ring (bicyclic) bond motifs is 1. The largest absolute Gasteiger partial charge is 0.507 e. The molecule has 1 saturated heterocycles. The van der Waals surface area contributed by atoms with Gasteiger partial charge in [-0.1, -0.05) is 61.1 Å². The maximum atomic E-state index is 13.8. The number of aliphatic hydroxyl groups excluding tert-OH is 1. The Morgan fingerprint density at radius 3 is 2.62 bits per heavy atom. The van der Waals surface area contributed by atoms with E-state index in [0.29, 0.717) is 52.4 Å². The minimum Gasteiger partial charge on any atom is -0.507 e. The van der Waals surface area contributed by atoms with E-state index in [9.17, 15) is 19.1 Å². The highest BCUT2D eigenvalue weighted by Gasteiger charge is 2.48. The fourth-order valence-electron chi connectivity index (χ4n) is 5.77. The summed E-state index contributed by atoms with van der Waals surface area (Å²) < 4.78 is 31.8. The van der Waals surface area contributed by atoms with Gasteiger partial charge in [0.15, 0.2) is 15.8 Å². The molecule has 0 aliphatic carbocycles. The molecule has 0 unspecified atom stereocenters. The smallest absolute Gasteiger partial charge is 0.301 e. The molecule has 1 fully saturated rings. The van der Waals surface area contributed by atoms with Crippen LogP contribution >= 0.6 is 23.1 Å². The topological polar surface area (TPSA) is 111 Å². The zero-order valence-corrected chi connectivity index (χ0v) is 28.5. The Balaban J connectivity index is 1.39. The molecule has 0 spiro atoms. The third-order valence-corrected chi connectivity index (χ3v) is 10.2. The molecule has 6 rings (SSSR count). The Labute approximate surface area is 286 Å². The Hall–Kier alpha value is -4.42. The summed E-state index contributed by atoms with van der Waals surface area (Å²) in [4.78, 5) is 28.9. The summed E-state index contributed by atoms with van der Waals surface area (Å²) in [5.74, 6) is -0.0215. The first-order valence-corrected chi connectivity index (χ1v) is 17.8. The number of anilines is 1. The lowest BCUT2D eigenvalue weighted by Crippen LogP contribution is -2.29. The van der Waals surface area contributed by atoms with Crippen molar-refractivity contribution >= 4 is 45.7 Å². The number of carbonyl (C=O) groups is 2. The van der Waals surface area contributed by atoms with Crippen LogP contribution < -0.4 is 19.1 Å². The summed E-state index contributed by atoms with van der Waals surface area (Å²) in [6.45, 7) is 6.85. The van der Waals surface area contributed by atoms with Crippen LogP contribution in [0.1, 0.15) is 68.3 Å². The van der Waals surface area contributed by atoms with E-state index in [4.69, 9.17) is 14.2 Å². The Bertz CT molecular complexity index is 1840. The van der Waals surface area contributed by atoms with Crippen LogP contribution in [0.2, 0.25) is 0 Å². The van der Waals surface area contributed by atoms with Gasteiger partial charge >= 0.3 is 5.91 Å². The Morgan fingerprint density at radius 2 is 1.85 bits per heavy atom. The van der Waals surface area contributed by atoms with E-state index in [1.54, 1.807) is 48.5 Å². The first-order chi connectivity index (χ1) is 23.3. The number of amides is 1. The lowest BCUT2D eigenvalue weighted by atomic mass is 9.94. The molecule has 1 N–H and O–H groups in total. The third-order valence-electron chi connectivity index (χ3n) is 8.08. The molecule has 250 valence electrons. The van der Waals surface area contributed by atoms with Crippen LogP contribution in [-0.2, 0) is 21.8 Å². The number of rotatable bonds is 13. The molecule has 1 aromatic heterocycles. The molecule has 9 nitrogen and oxygen atoms in total. The molecule has 3 heterocycles. The molecule has 2 atom stereocenters. The molecular weight excluding hydrogens is 654 g/mol. The van der Waals surface area contributed by atoms with Crippen molar-refractivity contribution in [1.29, 1.82) is 0 Å². The molecule has 0 bridgehead atoms. The summed E-state index contributed by atoms with van der Waals surface area (Å²) in [6, 6.07) is 15.7. The fourth-order valence-corrected chi connectivity index (χ4v) is 7.59. The predicted octanol–water partition coefficient (Wildman–Crippen LogP) is 7.89. The molecule has 3 aromatic carbocycles. The summed E-state index contributed by atoms with van der Waals surface area (Å²) in [5.41, 5.74) is 2.68. The monoisotopic (exact) mass is 689 g/mol. The van der Waals surface area contributed by atoms with Gasteiger partial charge in [-0.15, -0.1) is 10.2 Å². The highest BCUT2D eigenvalue weighted by Crippen LogP contribution is 2.46. The number of ketones is 1. The molecule has 2 aliphatic rings. The lowest BCUT2D eigenvalue weighted by molar-refractivity contribution is -0.132. The summed E-state index contributed by atoms with van der Waals surface area (Å²) in [5, 5.41) is 20.5. The van der Waals surface area contributed by atoms with Gasteiger partial charge in [-0.25, -0.2) is 4.39 Å². The van der Waals surface area contributed by atoms with Gasteiger partial charge < -0.3 is 19.3 Å². The van der Waals surface area contributed by atoms with Gasteiger partial charge in [-0.3, -0.25) is 14.5 Å². The normalized spacial score (nSPS) is 18.2.